The second-order valence-corrected chi connectivity index (χ2v) is 7.86. The quantitative estimate of drug-likeness (QED) is 0.765. The zero-order chi connectivity index (χ0) is 18.7. The van der Waals surface area contributed by atoms with Crippen LogP contribution < -0.4 is 5.56 Å². The van der Waals surface area contributed by atoms with Crippen molar-refractivity contribution in [3.63, 3.8) is 0 Å². The first-order valence-corrected chi connectivity index (χ1v) is 9.86. The van der Waals surface area contributed by atoms with Crippen LogP contribution in [-0.2, 0) is 11.5 Å². The van der Waals surface area contributed by atoms with E-state index < -0.39 is 0 Å². The molecular formula is C17H25Cl2N5O2. The monoisotopic (exact) mass is 401 g/mol. The smallest absolute Gasteiger partial charge is 0.288 e. The van der Waals surface area contributed by atoms with Gasteiger partial charge in [0, 0.05) is 38.8 Å². The van der Waals surface area contributed by atoms with Crippen LogP contribution in [0.25, 0.3) is 0 Å². The van der Waals surface area contributed by atoms with Gasteiger partial charge in [-0.3, -0.25) is 19.4 Å². The zero-order valence-electron chi connectivity index (χ0n) is 15.0. The maximum Gasteiger partial charge on any atom is 0.288 e. The van der Waals surface area contributed by atoms with E-state index in [9.17, 15) is 9.59 Å². The third-order valence-corrected chi connectivity index (χ3v) is 5.97. The van der Waals surface area contributed by atoms with Crippen molar-refractivity contribution in [3.05, 3.63) is 26.6 Å². The minimum Gasteiger partial charge on any atom is -0.339 e. The van der Waals surface area contributed by atoms with E-state index in [2.05, 4.69) is 21.8 Å². The second-order valence-electron chi connectivity index (χ2n) is 7.08. The van der Waals surface area contributed by atoms with Gasteiger partial charge in [-0.1, -0.05) is 23.2 Å². The number of hydrogen-bond acceptors (Lipinski definition) is 5. The van der Waals surface area contributed by atoms with Crippen molar-refractivity contribution in [1.82, 2.24) is 24.5 Å². The molecule has 3 rings (SSSR count). The van der Waals surface area contributed by atoms with E-state index >= 15 is 0 Å². The first kappa shape index (κ1) is 19.6. The molecule has 2 aliphatic heterocycles. The van der Waals surface area contributed by atoms with Gasteiger partial charge in [0.15, 0.2) is 0 Å². The molecule has 26 heavy (non-hydrogen) atoms. The Labute approximate surface area is 163 Å². The molecule has 0 saturated carbocycles. The minimum atomic E-state index is -0.379. The van der Waals surface area contributed by atoms with E-state index in [1.807, 2.05) is 4.90 Å². The van der Waals surface area contributed by atoms with Crippen LogP contribution in [0.4, 0.5) is 0 Å². The Morgan fingerprint density at radius 2 is 1.85 bits per heavy atom. The lowest BCUT2D eigenvalue weighted by atomic mass is 10.0. The Kier molecular flexibility index (Phi) is 6.55. The van der Waals surface area contributed by atoms with Crippen LogP contribution in [0.5, 0.6) is 0 Å². The van der Waals surface area contributed by atoms with Gasteiger partial charge >= 0.3 is 0 Å². The van der Waals surface area contributed by atoms with E-state index in [4.69, 9.17) is 23.2 Å². The molecule has 0 aromatic carbocycles. The number of piperazine rings is 1. The number of nitrogens with zero attached hydrogens (tertiary/aromatic N) is 5. The molecule has 7 nitrogen and oxygen atoms in total. The molecule has 0 N–H and O–H groups in total. The maximum atomic E-state index is 12.6. The number of halogens is 2. The van der Waals surface area contributed by atoms with Crippen LogP contribution in [0.15, 0.2) is 11.0 Å². The van der Waals surface area contributed by atoms with Gasteiger partial charge in [-0.05, 0) is 26.2 Å². The van der Waals surface area contributed by atoms with Crippen molar-refractivity contribution in [2.45, 2.75) is 38.9 Å². The molecule has 2 fully saturated rings. The van der Waals surface area contributed by atoms with Gasteiger partial charge in [-0.2, -0.15) is 5.10 Å². The van der Waals surface area contributed by atoms with Gasteiger partial charge < -0.3 is 4.90 Å². The normalized spacial score (nSPS) is 22.6. The van der Waals surface area contributed by atoms with E-state index in [0.29, 0.717) is 19.3 Å². The third-order valence-electron chi connectivity index (χ3n) is 5.22. The highest BCUT2D eigenvalue weighted by molar-refractivity contribution is 6.41. The molecule has 9 heteroatoms. The number of piperidine rings is 1. The molecule has 2 aliphatic rings. The molecule has 2 saturated heterocycles. The van der Waals surface area contributed by atoms with Gasteiger partial charge in [-0.25, -0.2) is 4.68 Å². The van der Waals surface area contributed by atoms with Crippen LogP contribution in [0.3, 0.4) is 0 Å². The fraction of sp³-hybridized carbons (Fsp3) is 0.706. The largest absolute Gasteiger partial charge is 0.339 e. The first-order valence-electron chi connectivity index (χ1n) is 9.11. The van der Waals surface area contributed by atoms with Crippen LogP contribution >= 0.6 is 23.2 Å². The van der Waals surface area contributed by atoms with E-state index in [1.165, 1.54) is 17.3 Å². The molecule has 1 aromatic heterocycles. The van der Waals surface area contributed by atoms with Gasteiger partial charge in [0.1, 0.15) is 5.02 Å². The SMILES string of the molecule is C[C@@H]1CCCCN1C(=O)CN1CCN(Cn2ncc(Cl)c(Cl)c2=O)CC1. The molecule has 1 aromatic rings. The standard InChI is InChI=1S/C17H25Cl2N5O2/c1-13-4-2-3-5-23(13)15(25)11-21-6-8-22(9-7-21)12-24-17(26)16(19)14(18)10-20-24/h10,13H,2-9,11-12H2,1H3/t13-/m1/s1. The molecule has 0 aliphatic carbocycles. The highest BCUT2D eigenvalue weighted by Crippen LogP contribution is 2.17. The fourth-order valence-corrected chi connectivity index (χ4v) is 3.85. The highest BCUT2D eigenvalue weighted by Gasteiger charge is 2.26. The summed E-state index contributed by atoms with van der Waals surface area (Å²) in [5, 5.41) is 4.21. The predicted molar refractivity (Wildman–Crippen MR) is 102 cm³/mol. The number of carbonyl (C=O) groups is 1. The van der Waals surface area contributed by atoms with Crippen molar-refractivity contribution in [3.8, 4) is 0 Å². The van der Waals surface area contributed by atoms with Crippen molar-refractivity contribution in [2.24, 2.45) is 0 Å². The Balaban J connectivity index is 1.49. The van der Waals surface area contributed by atoms with Gasteiger partial charge in [0.25, 0.3) is 5.56 Å². The molecule has 1 atom stereocenters. The summed E-state index contributed by atoms with van der Waals surface area (Å²) in [5.74, 6) is 0.230. The summed E-state index contributed by atoms with van der Waals surface area (Å²) in [7, 11) is 0. The summed E-state index contributed by atoms with van der Waals surface area (Å²) >= 11 is 11.7. The maximum absolute atomic E-state index is 12.6. The van der Waals surface area contributed by atoms with Gasteiger partial charge in [-0.15, -0.1) is 0 Å². The average Bonchev–Trinajstić information content (AvgIpc) is 2.64. The number of likely N-dealkylation sites (tertiary alicyclic amines) is 1. The van der Waals surface area contributed by atoms with E-state index in [0.717, 1.165) is 45.6 Å². The number of aromatic nitrogens is 2. The van der Waals surface area contributed by atoms with Crippen molar-refractivity contribution in [1.29, 1.82) is 0 Å². The van der Waals surface area contributed by atoms with Gasteiger partial charge in [0.05, 0.1) is 24.4 Å². The lowest BCUT2D eigenvalue weighted by Gasteiger charge is -2.38. The predicted octanol–water partition coefficient (Wildman–Crippen LogP) is 1.53. The average molecular weight is 402 g/mol. The number of carbonyl (C=O) groups excluding carboxylic acids is 1. The molecule has 0 radical (unpaired) electrons. The lowest BCUT2D eigenvalue weighted by Crippen LogP contribution is -2.52. The fourth-order valence-electron chi connectivity index (χ4n) is 3.57. The first-order chi connectivity index (χ1) is 12.5. The Morgan fingerprint density at radius 1 is 1.15 bits per heavy atom. The number of hydrogen-bond donors (Lipinski definition) is 0. The van der Waals surface area contributed by atoms with E-state index in [-0.39, 0.29) is 21.5 Å². The van der Waals surface area contributed by atoms with Crippen LogP contribution in [0.1, 0.15) is 26.2 Å². The molecule has 0 bridgehead atoms. The number of rotatable bonds is 4. The van der Waals surface area contributed by atoms with Crippen molar-refractivity contribution < 1.29 is 4.79 Å². The molecular weight excluding hydrogens is 377 g/mol. The summed E-state index contributed by atoms with van der Waals surface area (Å²) in [5.41, 5.74) is -0.379. The molecule has 3 heterocycles. The van der Waals surface area contributed by atoms with Crippen LogP contribution in [0.2, 0.25) is 10.0 Å². The Bertz CT molecular complexity index is 703. The molecule has 0 unspecified atom stereocenters. The topological polar surface area (TPSA) is 61.7 Å². The third kappa shape index (κ3) is 4.57. The van der Waals surface area contributed by atoms with Crippen LogP contribution in [0, 0.1) is 0 Å². The Hall–Kier alpha value is -1.15. The van der Waals surface area contributed by atoms with E-state index in [1.54, 1.807) is 0 Å². The van der Waals surface area contributed by atoms with Crippen LogP contribution in [-0.4, -0.2) is 75.7 Å². The zero-order valence-corrected chi connectivity index (χ0v) is 16.5. The molecule has 1 amide bonds. The van der Waals surface area contributed by atoms with Crippen molar-refractivity contribution in [2.75, 3.05) is 39.3 Å². The minimum absolute atomic E-state index is 0.00144. The summed E-state index contributed by atoms with van der Waals surface area (Å²) in [6.07, 6.45) is 4.81. The Morgan fingerprint density at radius 3 is 2.54 bits per heavy atom. The van der Waals surface area contributed by atoms with Gasteiger partial charge in [0.2, 0.25) is 5.91 Å². The van der Waals surface area contributed by atoms with Crippen molar-refractivity contribution >= 4 is 29.1 Å². The summed E-state index contributed by atoms with van der Waals surface area (Å²) in [6.45, 7) is 7.01. The second kappa shape index (κ2) is 8.69. The summed E-state index contributed by atoms with van der Waals surface area (Å²) < 4.78 is 1.32. The summed E-state index contributed by atoms with van der Waals surface area (Å²) in [4.78, 5) is 31.0. The lowest BCUT2D eigenvalue weighted by molar-refractivity contribution is -0.136. The highest BCUT2D eigenvalue weighted by atomic mass is 35.5. The molecule has 144 valence electrons. The molecule has 0 spiro atoms. The summed E-state index contributed by atoms with van der Waals surface area (Å²) in [6, 6.07) is 0.352. The number of amides is 1.